The van der Waals surface area contributed by atoms with Crippen LogP contribution < -0.4 is 10.3 Å². The Morgan fingerprint density at radius 1 is 1.14 bits per heavy atom. The van der Waals surface area contributed by atoms with Crippen molar-refractivity contribution in [3.63, 3.8) is 0 Å². The first-order chi connectivity index (χ1) is 13.5. The van der Waals surface area contributed by atoms with Gasteiger partial charge >= 0.3 is 0 Å². The van der Waals surface area contributed by atoms with E-state index in [1.54, 1.807) is 23.0 Å². The van der Waals surface area contributed by atoms with Gasteiger partial charge in [0.15, 0.2) is 0 Å². The number of hydrogen-bond donors (Lipinski definition) is 0. The number of thiophene rings is 1. The van der Waals surface area contributed by atoms with Gasteiger partial charge in [-0.25, -0.2) is 0 Å². The lowest BCUT2D eigenvalue weighted by Crippen LogP contribution is -2.31. The van der Waals surface area contributed by atoms with Gasteiger partial charge in [-0.1, -0.05) is 12.1 Å². The zero-order valence-corrected chi connectivity index (χ0v) is 16.7. The Bertz CT molecular complexity index is 1040. The summed E-state index contributed by atoms with van der Waals surface area (Å²) in [5, 5.41) is 4.14. The number of rotatable bonds is 4. The molecule has 28 heavy (non-hydrogen) atoms. The van der Waals surface area contributed by atoms with E-state index in [1.807, 2.05) is 47.5 Å². The van der Waals surface area contributed by atoms with Gasteiger partial charge in [-0.15, -0.1) is 0 Å². The molecule has 1 aromatic carbocycles. The smallest absolute Gasteiger partial charge is 0.254 e. The highest BCUT2D eigenvalue weighted by atomic mass is 32.1. The first-order valence-corrected chi connectivity index (χ1v) is 10.2. The van der Waals surface area contributed by atoms with Crippen LogP contribution in [-0.4, -0.2) is 34.6 Å². The number of carbonyl (C=O) groups excluding carboxylic acids is 1. The number of amides is 1. The Balaban J connectivity index is 1.41. The topological polar surface area (TPSA) is 51.5 Å². The molecule has 0 bridgehead atoms. The third-order valence-electron chi connectivity index (χ3n) is 5.20. The maximum atomic E-state index is 12.8. The molecule has 0 N–H and O–H groups in total. The van der Waals surface area contributed by atoms with Crippen LogP contribution in [0.5, 0.6) is 5.75 Å². The van der Waals surface area contributed by atoms with E-state index in [0.717, 1.165) is 17.7 Å². The van der Waals surface area contributed by atoms with Crippen molar-refractivity contribution in [2.45, 2.75) is 19.4 Å². The maximum Gasteiger partial charge on any atom is 0.254 e. The molecule has 144 valence electrons. The normalized spacial score (nSPS) is 16.4. The lowest BCUT2D eigenvalue weighted by atomic mass is 10.1. The summed E-state index contributed by atoms with van der Waals surface area (Å²) in [6, 6.07) is 13.2. The van der Waals surface area contributed by atoms with E-state index >= 15 is 0 Å². The van der Waals surface area contributed by atoms with Crippen molar-refractivity contribution in [3.05, 3.63) is 74.8 Å². The first kappa shape index (κ1) is 18.5. The first-order valence-electron chi connectivity index (χ1n) is 9.27. The second kappa shape index (κ2) is 7.64. The number of nitrogens with zero attached hydrogens (tertiary/aromatic N) is 2. The molecule has 0 saturated carbocycles. The van der Waals surface area contributed by atoms with Crippen LogP contribution in [0.3, 0.4) is 0 Å². The van der Waals surface area contributed by atoms with Crippen molar-refractivity contribution < 1.29 is 9.53 Å². The molecule has 0 aliphatic carbocycles. The Morgan fingerprint density at radius 3 is 2.61 bits per heavy atom. The average Bonchev–Trinajstić information content (AvgIpc) is 3.38. The number of benzene rings is 1. The summed E-state index contributed by atoms with van der Waals surface area (Å²) >= 11 is 1.66. The second-order valence-corrected chi connectivity index (χ2v) is 7.88. The summed E-state index contributed by atoms with van der Waals surface area (Å²) in [4.78, 5) is 26.6. The highest BCUT2D eigenvalue weighted by Gasteiger charge is 2.28. The van der Waals surface area contributed by atoms with Gasteiger partial charge in [0.25, 0.3) is 11.5 Å². The largest absolute Gasteiger partial charge is 0.488 e. The SMILES string of the molecule is Cc1cc(OC2CCN(C(=O)c3ccc(-c4ccsc4)cc3)C2)cc(=O)n1C. The summed E-state index contributed by atoms with van der Waals surface area (Å²) in [5.41, 5.74) is 3.72. The predicted molar refractivity (Wildman–Crippen MR) is 111 cm³/mol. The fraction of sp³-hybridized carbons (Fsp3) is 0.273. The van der Waals surface area contributed by atoms with Gasteiger partial charge in [-0.3, -0.25) is 9.59 Å². The summed E-state index contributed by atoms with van der Waals surface area (Å²) in [6.45, 7) is 3.05. The minimum absolute atomic E-state index is 0.0168. The minimum Gasteiger partial charge on any atom is -0.488 e. The molecule has 1 fully saturated rings. The highest BCUT2D eigenvalue weighted by molar-refractivity contribution is 7.08. The second-order valence-electron chi connectivity index (χ2n) is 7.10. The number of aromatic nitrogens is 1. The number of hydrogen-bond acceptors (Lipinski definition) is 4. The molecule has 0 radical (unpaired) electrons. The molecule has 2 aromatic heterocycles. The van der Waals surface area contributed by atoms with Crippen molar-refractivity contribution in [3.8, 4) is 16.9 Å². The van der Waals surface area contributed by atoms with Crippen LogP contribution in [0.2, 0.25) is 0 Å². The third kappa shape index (κ3) is 3.73. The molecule has 1 atom stereocenters. The van der Waals surface area contributed by atoms with Crippen molar-refractivity contribution >= 4 is 17.2 Å². The summed E-state index contributed by atoms with van der Waals surface area (Å²) in [6.07, 6.45) is 0.660. The van der Waals surface area contributed by atoms with Crippen LogP contribution in [0.4, 0.5) is 0 Å². The van der Waals surface area contributed by atoms with Gasteiger partial charge in [-0.2, -0.15) is 11.3 Å². The van der Waals surface area contributed by atoms with Crippen molar-refractivity contribution in [1.29, 1.82) is 0 Å². The van der Waals surface area contributed by atoms with E-state index in [-0.39, 0.29) is 17.6 Å². The molecule has 5 nitrogen and oxygen atoms in total. The van der Waals surface area contributed by atoms with Gasteiger partial charge < -0.3 is 14.2 Å². The zero-order chi connectivity index (χ0) is 19.7. The van der Waals surface area contributed by atoms with Crippen molar-refractivity contribution in [2.75, 3.05) is 13.1 Å². The summed E-state index contributed by atoms with van der Waals surface area (Å²) in [5.74, 6) is 0.586. The molecule has 1 aliphatic heterocycles. The Labute approximate surface area is 167 Å². The van der Waals surface area contributed by atoms with Gasteiger partial charge in [0, 0.05) is 37.3 Å². The number of likely N-dealkylation sites (tertiary alicyclic amines) is 1. The molecule has 0 spiro atoms. The number of pyridine rings is 1. The molecular weight excluding hydrogens is 372 g/mol. The molecule has 1 unspecified atom stereocenters. The number of aryl methyl sites for hydroxylation is 1. The summed E-state index contributed by atoms with van der Waals surface area (Å²) in [7, 11) is 1.74. The third-order valence-corrected chi connectivity index (χ3v) is 5.88. The van der Waals surface area contributed by atoms with Gasteiger partial charge in [0.1, 0.15) is 11.9 Å². The highest BCUT2D eigenvalue weighted by Crippen LogP contribution is 2.24. The van der Waals surface area contributed by atoms with Crippen LogP contribution in [0.1, 0.15) is 22.5 Å². The fourth-order valence-electron chi connectivity index (χ4n) is 3.42. The van der Waals surface area contributed by atoms with Gasteiger partial charge in [0.05, 0.1) is 6.54 Å². The molecule has 1 amide bonds. The van der Waals surface area contributed by atoms with E-state index in [1.165, 1.54) is 11.6 Å². The monoisotopic (exact) mass is 394 g/mol. The Morgan fingerprint density at radius 2 is 1.93 bits per heavy atom. The fourth-order valence-corrected chi connectivity index (χ4v) is 4.09. The zero-order valence-electron chi connectivity index (χ0n) is 15.9. The van der Waals surface area contributed by atoms with Crippen LogP contribution in [0.15, 0.2) is 58.0 Å². The van der Waals surface area contributed by atoms with Crippen molar-refractivity contribution in [2.24, 2.45) is 7.05 Å². The lowest BCUT2D eigenvalue weighted by Gasteiger charge is -2.18. The molecular formula is C22H22N2O3S. The summed E-state index contributed by atoms with van der Waals surface area (Å²) < 4.78 is 7.55. The van der Waals surface area contributed by atoms with Crippen LogP contribution >= 0.6 is 11.3 Å². The van der Waals surface area contributed by atoms with Gasteiger partial charge in [0.2, 0.25) is 0 Å². The predicted octanol–water partition coefficient (Wildman–Crippen LogP) is 3.72. The quantitative estimate of drug-likeness (QED) is 0.678. The van der Waals surface area contributed by atoms with E-state index in [4.69, 9.17) is 4.74 Å². The Kier molecular flexibility index (Phi) is 5.05. The van der Waals surface area contributed by atoms with E-state index in [0.29, 0.717) is 24.4 Å². The van der Waals surface area contributed by atoms with E-state index in [2.05, 4.69) is 11.4 Å². The number of carbonyl (C=O) groups is 1. The molecule has 1 aliphatic rings. The number of ether oxygens (including phenoxy) is 1. The molecule has 1 saturated heterocycles. The molecule has 3 aromatic rings. The lowest BCUT2D eigenvalue weighted by molar-refractivity contribution is 0.0772. The van der Waals surface area contributed by atoms with Crippen LogP contribution in [0, 0.1) is 6.92 Å². The van der Waals surface area contributed by atoms with E-state index in [9.17, 15) is 9.59 Å². The van der Waals surface area contributed by atoms with Crippen molar-refractivity contribution in [1.82, 2.24) is 9.47 Å². The average molecular weight is 394 g/mol. The van der Waals surface area contributed by atoms with E-state index < -0.39 is 0 Å². The maximum absolute atomic E-state index is 12.8. The van der Waals surface area contributed by atoms with Crippen LogP contribution in [-0.2, 0) is 7.05 Å². The minimum atomic E-state index is -0.0967. The van der Waals surface area contributed by atoms with Gasteiger partial charge in [-0.05, 0) is 53.1 Å². The van der Waals surface area contributed by atoms with Crippen LogP contribution in [0.25, 0.3) is 11.1 Å². The standard InChI is InChI=1S/C22H22N2O3S/c1-15-11-20(12-21(25)23(15)2)27-19-7-9-24(13-19)22(26)17-5-3-16(4-6-17)18-8-10-28-14-18/h3-6,8,10-12,14,19H,7,9,13H2,1-2H3. The molecule has 6 heteroatoms. The molecule has 3 heterocycles. The molecule has 4 rings (SSSR count). The Hall–Kier alpha value is -2.86.